The molecule has 0 fully saturated rings. The summed E-state index contributed by atoms with van der Waals surface area (Å²) in [5, 5.41) is 2.73. The van der Waals surface area contributed by atoms with Gasteiger partial charge in [-0.2, -0.15) is 0 Å². The average molecular weight is 263 g/mol. The summed E-state index contributed by atoms with van der Waals surface area (Å²) < 4.78 is 0. The summed E-state index contributed by atoms with van der Waals surface area (Å²) >= 11 is 0. The van der Waals surface area contributed by atoms with Gasteiger partial charge in [0.15, 0.2) is 0 Å². The van der Waals surface area contributed by atoms with E-state index >= 15 is 0 Å². The van der Waals surface area contributed by atoms with E-state index in [-0.39, 0.29) is 18.4 Å². The molecule has 0 aliphatic rings. The molecule has 104 valence electrons. The second-order valence-electron chi connectivity index (χ2n) is 4.55. The number of hydrogen-bond acceptors (Lipinski definition) is 3. The fourth-order valence-corrected chi connectivity index (χ4v) is 1.78. The van der Waals surface area contributed by atoms with Crippen molar-refractivity contribution in [2.45, 2.75) is 20.3 Å². The quantitative estimate of drug-likeness (QED) is 0.783. The highest BCUT2D eigenvalue weighted by atomic mass is 16.2. The smallest absolute Gasteiger partial charge is 0.256 e. The predicted octanol–water partition coefficient (Wildman–Crippen LogP) is 1.18. The lowest BCUT2D eigenvalue weighted by molar-refractivity contribution is -0.121. The Bertz CT molecular complexity index is 452. The summed E-state index contributed by atoms with van der Waals surface area (Å²) in [5.74, 6) is -0.396. The van der Waals surface area contributed by atoms with E-state index in [1.807, 2.05) is 19.9 Å². The van der Waals surface area contributed by atoms with E-state index in [0.29, 0.717) is 17.8 Å². The van der Waals surface area contributed by atoms with E-state index in [4.69, 9.17) is 5.73 Å². The van der Waals surface area contributed by atoms with Crippen LogP contribution in [0.3, 0.4) is 0 Å². The highest BCUT2D eigenvalue weighted by Crippen LogP contribution is 2.17. The summed E-state index contributed by atoms with van der Waals surface area (Å²) in [5.41, 5.74) is 7.54. The van der Waals surface area contributed by atoms with Crippen LogP contribution in [0.15, 0.2) is 18.2 Å². The van der Waals surface area contributed by atoms with Crippen molar-refractivity contribution in [2.24, 2.45) is 0 Å². The second-order valence-corrected chi connectivity index (χ2v) is 4.55. The van der Waals surface area contributed by atoms with Crippen LogP contribution in [-0.2, 0) is 4.79 Å². The molecule has 0 atom stereocenters. The van der Waals surface area contributed by atoms with E-state index < -0.39 is 0 Å². The molecule has 1 rings (SSSR count). The Morgan fingerprint density at radius 3 is 2.63 bits per heavy atom. The molecule has 19 heavy (non-hydrogen) atoms. The molecule has 2 amide bonds. The zero-order valence-corrected chi connectivity index (χ0v) is 11.7. The standard InChI is InChI=1S/C14H21N3O2/c1-4-8-16-12(18)9-17(3)14(19)13-10(2)6-5-7-11(13)15/h5-7H,4,8-9,15H2,1-3H3,(H,16,18). The molecule has 3 N–H and O–H groups in total. The number of nitrogens with zero attached hydrogens (tertiary/aromatic N) is 1. The van der Waals surface area contributed by atoms with Crippen LogP contribution in [0.4, 0.5) is 5.69 Å². The molecule has 0 aromatic heterocycles. The number of benzene rings is 1. The number of nitrogens with two attached hydrogens (primary N) is 1. The van der Waals surface area contributed by atoms with Gasteiger partial charge in [0.1, 0.15) is 0 Å². The summed E-state index contributed by atoms with van der Waals surface area (Å²) in [6.07, 6.45) is 0.869. The molecular weight excluding hydrogens is 242 g/mol. The summed E-state index contributed by atoms with van der Waals surface area (Å²) in [6, 6.07) is 5.31. The molecule has 1 aromatic rings. The number of carbonyl (C=O) groups excluding carboxylic acids is 2. The van der Waals surface area contributed by atoms with Gasteiger partial charge in [-0.05, 0) is 25.0 Å². The lowest BCUT2D eigenvalue weighted by Gasteiger charge is -2.19. The Labute approximate surface area is 113 Å². The minimum absolute atomic E-state index is 0.0343. The van der Waals surface area contributed by atoms with Gasteiger partial charge in [-0.25, -0.2) is 0 Å². The second kappa shape index (κ2) is 6.78. The normalized spacial score (nSPS) is 10.1. The van der Waals surface area contributed by atoms with Crippen LogP contribution in [0.2, 0.25) is 0 Å². The summed E-state index contributed by atoms with van der Waals surface area (Å²) in [4.78, 5) is 25.2. The minimum atomic E-state index is -0.234. The molecule has 1 aromatic carbocycles. The Morgan fingerprint density at radius 1 is 1.37 bits per heavy atom. The molecule has 0 aliphatic heterocycles. The Kier molecular flexibility index (Phi) is 5.36. The van der Waals surface area contributed by atoms with Crippen LogP contribution >= 0.6 is 0 Å². The highest BCUT2D eigenvalue weighted by Gasteiger charge is 2.18. The van der Waals surface area contributed by atoms with Gasteiger partial charge in [-0.1, -0.05) is 19.1 Å². The monoisotopic (exact) mass is 263 g/mol. The molecule has 0 aliphatic carbocycles. The van der Waals surface area contributed by atoms with Crippen LogP contribution in [0.5, 0.6) is 0 Å². The molecule has 0 heterocycles. The minimum Gasteiger partial charge on any atom is -0.398 e. The number of hydrogen-bond donors (Lipinski definition) is 2. The number of likely N-dealkylation sites (N-methyl/N-ethyl adjacent to an activating group) is 1. The zero-order valence-electron chi connectivity index (χ0n) is 11.7. The average Bonchev–Trinajstić information content (AvgIpc) is 2.35. The maximum Gasteiger partial charge on any atom is 0.256 e. The molecule has 0 unspecified atom stereocenters. The van der Waals surface area contributed by atoms with Gasteiger partial charge in [0, 0.05) is 19.3 Å². The summed E-state index contributed by atoms with van der Waals surface area (Å²) in [6.45, 7) is 4.46. The van der Waals surface area contributed by atoms with Crippen LogP contribution < -0.4 is 11.1 Å². The lowest BCUT2D eigenvalue weighted by Crippen LogP contribution is -2.39. The maximum absolute atomic E-state index is 12.3. The van der Waals surface area contributed by atoms with Gasteiger partial charge < -0.3 is 16.0 Å². The molecule has 0 spiro atoms. The fourth-order valence-electron chi connectivity index (χ4n) is 1.78. The van der Waals surface area contributed by atoms with Gasteiger partial charge in [0.05, 0.1) is 12.1 Å². The van der Waals surface area contributed by atoms with Crippen molar-refractivity contribution in [3.63, 3.8) is 0 Å². The lowest BCUT2D eigenvalue weighted by atomic mass is 10.1. The number of anilines is 1. The van der Waals surface area contributed by atoms with E-state index in [9.17, 15) is 9.59 Å². The third-order valence-corrected chi connectivity index (χ3v) is 2.82. The number of nitrogens with one attached hydrogen (secondary N) is 1. The van der Waals surface area contributed by atoms with Crippen LogP contribution in [0.1, 0.15) is 29.3 Å². The van der Waals surface area contributed by atoms with Crippen LogP contribution in [0, 0.1) is 6.92 Å². The first-order valence-corrected chi connectivity index (χ1v) is 6.34. The van der Waals surface area contributed by atoms with E-state index in [1.54, 1.807) is 19.2 Å². The van der Waals surface area contributed by atoms with Crippen LogP contribution in [-0.4, -0.2) is 36.9 Å². The van der Waals surface area contributed by atoms with Crippen molar-refractivity contribution in [1.29, 1.82) is 0 Å². The molecule has 5 nitrogen and oxygen atoms in total. The van der Waals surface area contributed by atoms with Gasteiger partial charge in [-0.15, -0.1) is 0 Å². The van der Waals surface area contributed by atoms with Gasteiger partial charge >= 0.3 is 0 Å². The van der Waals surface area contributed by atoms with E-state index in [0.717, 1.165) is 12.0 Å². The maximum atomic E-state index is 12.3. The fraction of sp³-hybridized carbons (Fsp3) is 0.429. The highest BCUT2D eigenvalue weighted by molar-refractivity contribution is 6.01. The van der Waals surface area contributed by atoms with Gasteiger partial charge in [-0.3, -0.25) is 9.59 Å². The molecule has 0 saturated carbocycles. The molecule has 0 saturated heterocycles. The Balaban J connectivity index is 2.75. The van der Waals surface area contributed by atoms with Gasteiger partial charge in [0.25, 0.3) is 5.91 Å². The topological polar surface area (TPSA) is 75.4 Å². The first-order chi connectivity index (χ1) is 8.97. The Hall–Kier alpha value is -2.04. The number of carbonyl (C=O) groups is 2. The van der Waals surface area contributed by atoms with E-state index in [1.165, 1.54) is 4.90 Å². The Morgan fingerprint density at radius 2 is 2.05 bits per heavy atom. The van der Waals surface area contributed by atoms with Crippen molar-refractivity contribution >= 4 is 17.5 Å². The number of amides is 2. The SMILES string of the molecule is CCCNC(=O)CN(C)C(=O)c1c(C)cccc1N. The predicted molar refractivity (Wildman–Crippen MR) is 75.9 cm³/mol. The number of rotatable bonds is 5. The van der Waals surface area contributed by atoms with Crippen molar-refractivity contribution in [3.05, 3.63) is 29.3 Å². The van der Waals surface area contributed by atoms with E-state index in [2.05, 4.69) is 5.32 Å². The summed E-state index contributed by atoms with van der Waals surface area (Å²) in [7, 11) is 1.60. The van der Waals surface area contributed by atoms with Gasteiger partial charge in [0.2, 0.25) is 5.91 Å². The molecule has 5 heteroatoms. The van der Waals surface area contributed by atoms with Crippen molar-refractivity contribution < 1.29 is 9.59 Å². The molecule has 0 radical (unpaired) electrons. The molecule has 0 bridgehead atoms. The third-order valence-electron chi connectivity index (χ3n) is 2.82. The first kappa shape index (κ1) is 15.0. The van der Waals surface area contributed by atoms with Crippen molar-refractivity contribution in [1.82, 2.24) is 10.2 Å². The van der Waals surface area contributed by atoms with Crippen molar-refractivity contribution in [2.75, 3.05) is 25.9 Å². The largest absolute Gasteiger partial charge is 0.398 e. The molecular formula is C14H21N3O2. The number of aryl methyl sites for hydroxylation is 1. The third kappa shape index (κ3) is 3.98. The zero-order chi connectivity index (χ0) is 14.4. The number of nitrogen functional groups attached to an aromatic ring is 1. The van der Waals surface area contributed by atoms with Crippen LogP contribution in [0.25, 0.3) is 0 Å². The van der Waals surface area contributed by atoms with Crippen molar-refractivity contribution in [3.8, 4) is 0 Å². The first-order valence-electron chi connectivity index (χ1n) is 6.34.